The second-order valence-electron chi connectivity index (χ2n) is 6.21. The maximum Gasteiger partial charge on any atom is 0.412 e. The van der Waals surface area contributed by atoms with E-state index in [4.69, 9.17) is 9.47 Å². The van der Waals surface area contributed by atoms with Gasteiger partial charge in [0.2, 0.25) is 0 Å². The van der Waals surface area contributed by atoms with Crippen molar-refractivity contribution in [3.8, 4) is 0 Å². The second-order valence-corrected chi connectivity index (χ2v) is 6.21. The van der Waals surface area contributed by atoms with E-state index < -0.39 is 6.18 Å². The molecule has 1 aliphatic heterocycles. The molecule has 0 bridgehead atoms. The molecule has 1 atom stereocenters. The Hall–Kier alpha value is -0.550. The van der Waals surface area contributed by atoms with E-state index >= 15 is 0 Å². The Labute approximate surface area is 117 Å². The van der Waals surface area contributed by atoms with Crippen LogP contribution < -0.4 is 0 Å². The van der Waals surface area contributed by atoms with Crippen molar-refractivity contribution in [2.45, 2.75) is 56.9 Å². The highest BCUT2D eigenvalue weighted by molar-refractivity contribution is 5.12. The first kappa shape index (κ1) is 14.4. The molecule has 0 aromatic rings. The van der Waals surface area contributed by atoms with Gasteiger partial charge in [0.15, 0.2) is 5.79 Å². The molecule has 0 amide bonds. The van der Waals surface area contributed by atoms with E-state index in [0.717, 1.165) is 25.7 Å². The van der Waals surface area contributed by atoms with Gasteiger partial charge in [-0.1, -0.05) is 6.08 Å². The van der Waals surface area contributed by atoms with Crippen LogP contribution >= 0.6 is 0 Å². The van der Waals surface area contributed by atoms with Gasteiger partial charge in [-0.15, -0.1) is 0 Å². The van der Waals surface area contributed by atoms with Gasteiger partial charge in [-0.3, -0.25) is 0 Å². The molecule has 0 N–H and O–H groups in total. The van der Waals surface area contributed by atoms with Crippen molar-refractivity contribution in [3.05, 3.63) is 11.6 Å². The fraction of sp³-hybridized carbons (Fsp3) is 0.867. The quantitative estimate of drug-likeness (QED) is 0.674. The van der Waals surface area contributed by atoms with Crippen LogP contribution in [0, 0.1) is 11.8 Å². The lowest BCUT2D eigenvalue weighted by Gasteiger charge is -2.39. The summed E-state index contributed by atoms with van der Waals surface area (Å²) in [6, 6.07) is 0. The monoisotopic (exact) mass is 290 g/mol. The third-order valence-corrected chi connectivity index (χ3v) is 5.09. The standard InChI is InChI=1S/C15H21F3O2/c16-15(17,18)13-3-1-11(2-4-13)12-5-7-14(8-6-12)19-9-10-20-14/h3,11-12H,1-2,4-10H2. The van der Waals surface area contributed by atoms with Crippen LogP contribution in [0.25, 0.3) is 0 Å². The fourth-order valence-electron chi connectivity index (χ4n) is 3.88. The van der Waals surface area contributed by atoms with E-state index in [2.05, 4.69) is 0 Å². The minimum absolute atomic E-state index is 0.183. The Morgan fingerprint density at radius 3 is 2.15 bits per heavy atom. The van der Waals surface area contributed by atoms with Crippen LogP contribution in [0.3, 0.4) is 0 Å². The Morgan fingerprint density at radius 1 is 1.00 bits per heavy atom. The average Bonchev–Trinajstić information content (AvgIpc) is 2.87. The van der Waals surface area contributed by atoms with Gasteiger partial charge in [0.05, 0.1) is 13.2 Å². The molecule has 0 aromatic carbocycles. The van der Waals surface area contributed by atoms with Gasteiger partial charge in [0.25, 0.3) is 0 Å². The zero-order valence-electron chi connectivity index (χ0n) is 11.5. The highest BCUT2D eigenvalue weighted by Crippen LogP contribution is 2.45. The molecule has 0 aromatic heterocycles. The third kappa shape index (κ3) is 2.89. The lowest BCUT2D eigenvalue weighted by molar-refractivity contribution is -0.185. The van der Waals surface area contributed by atoms with Crippen molar-refractivity contribution in [1.29, 1.82) is 0 Å². The van der Waals surface area contributed by atoms with Crippen LogP contribution in [0.4, 0.5) is 13.2 Å². The SMILES string of the molecule is FC(F)(F)C1=CCC(C2CCC3(CC2)OCCO3)CC1. The molecule has 1 unspecified atom stereocenters. The van der Waals surface area contributed by atoms with Crippen molar-refractivity contribution < 1.29 is 22.6 Å². The number of alkyl halides is 3. The first-order chi connectivity index (χ1) is 9.49. The van der Waals surface area contributed by atoms with Crippen molar-refractivity contribution in [2.24, 2.45) is 11.8 Å². The summed E-state index contributed by atoms with van der Waals surface area (Å²) in [7, 11) is 0. The molecule has 1 saturated carbocycles. The molecule has 2 nitrogen and oxygen atoms in total. The molecule has 2 aliphatic carbocycles. The number of hydrogen-bond acceptors (Lipinski definition) is 2. The Morgan fingerprint density at radius 2 is 1.65 bits per heavy atom. The molecule has 20 heavy (non-hydrogen) atoms. The predicted molar refractivity (Wildman–Crippen MR) is 68.1 cm³/mol. The van der Waals surface area contributed by atoms with Crippen LogP contribution in [-0.4, -0.2) is 25.2 Å². The molecule has 114 valence electrons. The lowest BCUT2D eigenvalue weighted by atomic mass is 9.72. The zero-order chi connectivity index (χ0) is 14.2. The number of hydrogen-bond donors (Lipinski definition) is 0. The van der Waals surface area contributed by atoms with Crippen LogP contribution in [-0.2, 0) is 9.47 Å². The van der Waals surface area contributed by atoms with E-state index in [0.29, 0.717) is 37.9 Å². The predicted octanol–water partition coefficient (Wildman–Crippen LogP) is 4.21. The molecule has 1 spiro atoms. The Balaban J connectivity index is 1.54. The van der Waals surface area contributed by atoms with Gasteiger partial charge in [-0.2, -0.15) is 13.2 Å². The van der Waals surface area contributed by atoms with Crippen molar-refractivity contribution in [2.75, 3.05) is 13.2 Å². The largest absolute Gasteiger partial charge is 0.412 e. The topological polar surface area (TPSA) is 18.5 Å². The molecule has 3 rings (SSSR count). The van der Waals surface area contributed by atoms with Gasteiger partial charge in [-0.05, 0) is 43.9 Å². The van der Waals surface area contributed by atoms with Gasteiger partial charge < -0.3 is 9.47 Å². The Kier molecular flexibility index (Phi) is 3.84. The van der Waals surface area contributed by atoms with Crippen LogP contribution in [0.1, 0.15) is 44.9 Å². The molecule has 3 aliphatic rings. The van der Waals surface area contributed by atoms with Crippen molar-refractivity contribution >= 4 is 0 Å². The van der Waals surface area contributed by atoms with Crippen LogP contribution in [0.2, 0.25) is 0 Å². The molecule has 1 heterocycles. The summed E-state index contributed by atoms with van der Waals surface area (Å²) in [5, 5.41) is 0. The Bertz CT molecular complexity index is 373. The summed E-state index contributed by atoms with van der Waals surface area (Å²) in [5.74, 6) is 0.567. The number of halogens is 3. The maximum atomic E-state index is 12.6. The summed E-state index contributed by atoms with van der Waals surface area (Å²) in [6.07, 6.45) is 2.53. The summed E-state index contributed by atoms with van der Waals surface area (Å²) in [5.41, 5.74) is -0.330. The number of rotatable bonds is 1. The third-order valence-electron chi connectivity index (χ3n) is 5.09. The molecular weight excluding hydrogens is 269 g/mol. The van der Waals surface area contributed by atoms with Crippen molar-refractivity contribution in [3.63, 3.8) is 0 Å². The lowest BCUT2D eigenvalue weighted by Crippen LogP contribution is -2.37. The van der Waals surface area contributed by atoms with Gasteiger partial charge in [0.1, 0.15) is 0 Å². The molecular formula is C15H21F3O2. The normalized spacial score (nSPS) is 31.6. The molecule has 5 heteroatoms. The van der Waals surface area contributed by atoms with Gasteiger partial charge in [-0.25, -0.2) is 0 Å². The van der Waals surface area contributed by atoms with E-state index in [1.54, 1.807) is 0 Å². The average molecular weight is 290 g/mol. The number of ether oxygens (including phenoxy) is 2. The highest BCUT2D eigenvalue weighted by Gasteiger charge is 2.43. The second kappa shape index (κ2) is 5.34. The summed E-state index contributed by atoms with van der Waals surface area (Å²) >= 11 is 0. The van der Waals surface area contributed by atoms with Crippen LogP contribution in [0.5, 0.6) is 0 Å². The van der Waals surface area contributed by atoms with Gasteiger partial charge >= 0.3 is 6.18 Å². The fourth-order valence-corrected chi connectivity index (χ4v) is 3.88. The number of allylic oxidation sites excluding steroid dienone is 2. The van der Waals surface area contributed by atoms with E-state index in [-0.39, 0.29) is 17.8 Å². The van der Waals surface area contributed by atoms with Gasteiger partial charge in [0, 0.05) is 18.4 Å². The van der Waals surface area contributed by atoms with E-state index in [9.17, 15) is 13.2 Å². The molecule has 0 radical (unpaired) electrons. The molecule has 2 fully saturated rings. The highest BCUT2D eigenvalue weighted by atomic mass is 19.4. The van der Waals surface area contributed by atoms with Crippen molar-refractivity contribution in [1.82, 2.24) is 0 Å². The summed E-state index contributed by atoms with van der Waals surface area (Å²) in [6.45, 7) is 1.34. The maximum absolute atomic E-state index is 12.6. The zero-order valence-corrected chi connectivity index (χ0v) is 11.5. The molecule has 1 saturated heterocycles. The summed E-state index contributed by atoms with van der Waals surface area (Å²) < 4.78 is 49.2. The minimum atomic E-state index is -4.13. The first-order valence-corrected chi connectivity index (χ1v) is 7.53. The summed E-state index contributed by atoms with van der Waals surface area (Å²) in [4.78, 5) is 0. The van der Waals surface area contributed by atoms with Crippen LogP contribution in [0.15, 0.2) is 11.6 Å². The van der Waals surface area contributed by atoms with E-state index in [1.165, 1.54) is 6.08 Å². The smallest absolute Gasteiger partial charge is 0.348 e. The van der Waals surface area contributed by atoms with E-state index in [1.807, 2.05) is 0 Å². The first-order valence-electron chi connectivity index (χ1n) is 7.53. The minimum Gasteiger partial charge on any atom is -0.348 e.